The normalized spacial score (nSPS) is 12.4. The van der Waals surface area contributed by atoms with Crippen LogP contribution in [0.1, 0.15) is 22.9 Å². The molecular formula is C25H29Cl3N14O4S. The Hall–Kier alpha value is -4.90. The molecule has 0 saturated heterocycles. The number of nitrogens with one attached hydrogen (secondary N) is 3. The fourth-order valence-electron chi connectivity index (χ4n) is 3.38. The molecule has 0 amide bonds. The number of guanidine groups is 2. The van der Waals surface area contributed by atoms with Crippen molar-refractivity contribution < 1.29 is 10.1 Å². The minimum absolute atomic E-state index is 0.0875. The third kappa shape index (κ3) is 15.3. The lowest BCUT2D eigenvalue weighted by Gasteiger charge is -2.17. The van der Waals surface area contributed by atoms with E-state index in [2.05, 4.69) is 46.1 Å². The molecule has 4 heterocycles. The number of nitrogens with zero attached hydrogens (tertiary/aromatic N) is 11. The zero-order valence-electron chi connectivity index (χ0n) is 25.2. The first kappa shape index (κ1) is 38.3. The third-order valence-corrected chi connectivity index (χ3v) is 7.19. The summed E-state index contributed by atoms with van der Waals surface area (Å²) in [6, 6.07) is 7.15. The van der Waals surface area contributed by atoms with Crippen molar-refractivity contribution in [3.05, 3.63) is 93.9 Å². The highest BCUT2D eigenvalue weighted by atomic mass is 35.5. The third-order valence-electron chi connectivity index (χ3n) is 5.63. The number of nitriles is 1. The first-order valence-corrected chi connectivity index (χ1v) is 15.2. The number of hydrazine groups is 1. The van der Waals surface area contributed by atoms with Crippen LogP contribution in [0.3, 0.4) is 0 Å². The second kappa shape index (κ2) is 20.3. The van der Waals surface area contributed by atoms with Crippen LogP contribution in [0.25, 0.3) is 0 Å². The van der Waals surface area contributed by atoms with E-state index in [9.17, 15) is 20.2 Å². The Labute approximate surface area is 288 Å². The van der Waals surface area contributed by atoms with E-state index >= 15 is 0 Å². The summed E-state index contributed by atoms with van der Waals surface area (Å²) in [6.45, 7) is 4.55. The number of aromatic nitrogens is 3. The molecule has 3 aromatic heterocycles. The van der Waals surface area contributed by atoms with Crippen LogP contribution in [0.2, 0.25) is 14.8 Å². The van der Waals surface area contributed by atoms with Gasteiger partial charge >= 0.3 is 0 Å². The number of hydrogen-bond donors (Lipinski definition) is 3. The van der Waals surface area contributed by atoms with E-state index in [1.54, 1.807) is 48.7 Å². The molecule has 0 atom stereocenters. The summed E-state index contributed by atoms with van der Waals surface area (Å²) < 4.78 is 0.434. The van der Waals surface area contributed by atoms with Crippen molar-refractivity contribution in [1.82, 2.24) is 40.8 Å². The van der Waals surface area contributed by atoms with Crippen LogP contribution in [0.5, 0.6) is 0 Å². The van der Waals surface area contributed by atoms with Crippen LogP contribution in [0.4, 0.5) is 0 Å². The van der Waals surface area contributed by atoms with Crippen LogP contribution in [0, 0.1) is 31.7 Å². The average Bonchev–Trinajstić information content (AvgIpc) is 3.65. The van der Waals surface area contributed by atoms with Crippen molar-refractivity contribution in [2.75, 3.05) is 27.2 Å². The molecule has 0 aliphatic carbocycles. The van der Waals surface area contributed by atoms with Crippen LogP contribution >= 0.6 is 46.1 Å². The number of amidine groups is 1. The number of hydrazone groups is 1. The zero-order chi connectivity index (χ0) is 34.8. The lowest BCUT2D eigenvalue weighted by molar-refractivity contribution is -0.526. The first-order valence-electron chi connectivity index (χ1n) is 13.2. The Balaban J connectivity index is 0.000000246. The van der Waals surface area contributed by atoms with Crippen molar-refractivity contribution >= 4 is 63.9 Å². The molecular weight excluding hydrogens is 699 g/mol. The van der Waals surface area contributed by atoms with Gasteiger partial charge in [0.05, 0.1) is 13.1 Å². The fraction of sp³-hybridized carbons (Fsp3) is 0.320. The van der Waals surface area contributed by atoms with Gasteiger partial charge in [-0.1, -0.05) is 52.4 Å². The molecule has 0 bridgehead atoms. The summed E-state index contributed by atoms with van der Waals surface area (Å²) in [5, 5.41) is 36.7. The molecule has 0 radical (unpaired) electrons. The summed E-state index contributed by atoms with van der Waals surface area (Å²) in [5.41, 5.74) is 4.02. The molecule has 0 saturated carbocycles. The molecule has 1 aliphatic heterocycles. The summed E-state index contributed by atoms with van der Waals surface area (Å²) >= 11 is 18.3. The van der Waals surface area contributed by atoms with Crippen molar-refractivity contribution in [3.8, 4) is 6.19 Å². The maximum atomic E-state index is 10.4. The van der Waals surface area contributed by atoms with Crippen LogP contribution in [-0.4, -0.2) is 79.8 Å². The lowest BCUT2D eigenvalue weighted by Crippen LogP contribution is -2.40. The molecule has 47 heavy (non-hydrogen) atoms. The van der Waals surface area contributed by atoms with Gasteiger partial charge in [-0.15, -0.1) is 11.3 Å². The predicted molar refractivity (Wildman–Crippen MR) is 179 cm³/mol. The Bertz CT molecular complexity index is 1600. The monoisotopic (exact) mass is 726 g/mol. The molecule has 0 spiro atoms. The summed E-state index contributed by atoms with van der Waals surface area (Å²) in [7, 11) is 3.40. The van der Waals surface area contributed by atoms with E-state index in [-0.39, 0.29) is 11.9 Å². The topological polar surface area (TPSA) is 228 Å². The highest BCUT2D eigenvalue weighted by Crippen LogP contribution is 2.17. The van der Waals surface area contributed by atoms with Gasteiger partial charge in [0.15, 0.2) is 14.5 Å². The Kier molecular flexibility index (Phi) is 16.5. The van der Waals surface area contributed by atoms with Crippen LogP contribution in [-0.2, 0) is 19.6 Å². The van der Waals surface area contributed by atoms with E-state index < -0.39 is 10.1 Å². The summed E-state index contributed by atoms with van der Waals surface area (Å²) in [6.07, 6.45) is 6.70. The second-order valence-electron chi connectivity index (χ2n) is 8.96. The Morgan fingerprint density at radius 3 is 2.28 bits per heavy atom. The van der Waals surface area contributed by atoms with E-state index in [1.807, 2.05) is 24.1 Å². The van der Waals surface area contributed by atoms with Crippen molar-refractivity contribution in [2.24, 2.45) is 15.1 Å². The molecule has 3 N–H and O–H groups in total. The number of thiazole rings is 1. The van der Waals surface area contributed by atoms with Gasteiger partial charge < -0.3 is 20.4 Å². The smallest absolute Gasteiger partial charge is 0.268 e. The lowest BCUT2D eigenvalue weighted by atomic mass is 10.3. The molecule has 18 nitrogen and oxygen atoms in total. The average molecular weight is 728 g/mol. The number of halogens is 3. The SMILES string of the molecule is CC(=NC#N)N(C)Cc1ccc(Cl)nc1.CNC(=N[N+](=O)[O-])NCc1cnc(Cl)s1.O=[N+]([O-])NC1=NCCN1Cc1ccc(Cl)nc1. The molecule has 0 unspecified atom stereocenters. The maximum absolute atomic E-state index is 10.4. The number of hydrogen-bond acceptors (Lipinski definition) is 12. The van der Waals surface area contributed by atoms with Crippen molar-refractivity contribution in [2.45, 2.75) is 26.6 Å². The van der Waals surface area contributed by atoms with Crippen molar-refractivity contribution in [1.29, 1.82) is 5.26 Å². The van der Waals surface area contributed by atoms with Gasteiger partial charge in [-0.3, -0.25) is 0 Å². The number of aliphatic imine (C=N–C) groups is 2. The quantitative estimate of drug-likeness (QED) is 0.0756. The summed E-state index contributed by atoms with van der Waals surface area (Å²) in [5.74, 6) is 1.04. The fourth-order valence-corrected chi connectivity index (χ4v) is 4.52. The number of nitro groups is 2. The molecule has 4 rings (SSSR count). The standard InChI is InChI=1S/C10H11ClN4.C9H10ClN5O2.C6H8ClN5O2S/c1-8(14-7-12)15(2)6-9-3-4-10(11)13-5-9;10-8-2-1-7(5-12-8)6-14-4-3-11-9(14)13-15(16)17;1-8-6(11-12(13)14)10-3-4-2-9-5(7)15-4/h3-5H,6H2,1-2H3;1-2,5H,3-4,6H2,(H,11,13);2H,3H2,1H3,(H2,8,10,11). The highest BCUT2D eigenvalue weighted by Gasteiger charge is 2.20. The van der Waals surface area contributed by atoms with Gasteiger partial charge in [-0.25, -0.2) is 40.2 Å². The summed E-state index contributed by atoms with van der Waals surface area (Å²) in [4.78, 5) is 44.4. The highest BCUT2D eigenvalue weighted by molar-refractivity contribution is 7.15. The molecule has 22 heteroatoms. The number of rotatable bonds is 8. The Morgan fingerprint density at radius 1 is 1.11 bits per heavy atom. The zero-order valence-corrected chi connectivity index (χ0v) is 28.3. The first-order chi connectivity index (χ1) is 22.4. The molecule has 250 valence electrons. The molecule has 0 fully saturated rings. The minimum atomic E-state index is -0.779. The van der Waals surface area contributed by atoms with Gasteiger partial charge in [0.25, 0.3) is 11.9 Å². The van der Waals surface area contributed by atoms with Gasteiger partial charge in [-0.05, 0) is 30.2 Å². The number of pyridine rings is 2. The van der Waals surface area contributed by atoms with E-state index in [1.165, 1.54) is 18.4 Å². The van der Waals surface area contributed by atoms with E-state index in [0.717, 1.165) is 16.0 Å². The van der Waals surface area contributed by atoms with Gasteiger partial charge in [0.1, 0.15) is 21.2 Å². The van der Waals surface area contributed by atoms with Crippen molar-refractivity contribution in [3.63, 3.8) is 0 Å². The van der Waals surface area contributed by atoms with Crippen LogP contribution in [0.15, 0.2) is 57.9 Å². The maximum Gasteiger partial charge on any atom is 0.268 e. The van der Waals surface area contributed by atoms with E-state index in [0.29, 0.717) is 53.3 Å². The largest absolute Gasteiger partial charge is 0.358 e. The second-order valence-corrected chi connectivity index (χ2v) is 11.4. The predicted octanol–water partition coefficient (Wildman–Crippen LogP) is 3.41. The van der Waals surface area contributed by atoms with Gasteiger partial charge in [0, 0.05) is 57.2 Å². The molecule has 3 aromatic rings. The minimum Gasteiger partial charge on any atom is -0.358 e. The van der Waals surface area contributed by atoms with Gasteiger partial charge in [0.2, 0.25) is 6.19 Å². The molecule has 0 aromatic carbocycles. The Morgan fingerprint density at radius 2 is 1.77 bits per heavy atom. The van der Waals surface area contributed by atoms with E-state index in [4.69, 9.17) is 40.1 Å². The van der Waals surface area contributed by atoms with Gasteiger partial charge in [-0.2, -0.15) is 10.3 Å². The molecule has 1 aliphatic rings. The van der Waals surface area contributed by atoms with Crippen LogP contribution < -0.4 is 16.1 Å².